The minimum Gasteiger partial charge on any atom is -0.466 e. The Morgan fingerprint density at radius 1 is 1.05 bits per heavy atom. The summed E-state index contributed by atoms with van der Waals surface area (Å²) in [5.74, 6) is -2.40. The van der Waals surface area contributed by atoms with E-state index in [0.717, 1.165) is 16.7 Å². The fraction of sp³-hybridized carbons (Fsp3) is 0.429. The summed E-state index contributed by atoms with van der Waals surface area (Å²) >= 11 is 0. The van der Waals surface area contributed by atoms with Gasteiger partial charge in [-0.25, -0.2) is 4.79 Å². The number of hydrogen-bond acceptors (Lipinski definition) is 7. The first-order chi connectivity index (χ1) is 17.8. The van der Waals surface area contributed by atoms with Crippen molar-refractivity contribution in [3.8, 4) is 11.1 Å². The second kappa shape index (κ2) is 13.5. The molecule has 2 aromatic rings. The van der Waals surface area contributed by atoms with Crippen LogP contribution in [-0.2, 0) is 35.2 Å². The van der Waals surface area contributed by atoms with Gasteiger partial charge in [0, 0.05) is 25.3 Å². The van der Waals surface area contributed by atoms with Crippen LogP contribution in [0.4, 0.5) is 0 Å². The summed E-state index contributed by atoms with van der Waals surface area (Å²) in [6.07, 6.45) is -0.427. The van der Waals surface area contributed by atoms with Gasteiger partial charge in [0.15, 0.2) is 6.23 Å². The molecule has 0 radical (unpaired) electrons. The van der Waals surface area contributed by atoms with Crippen LogP contribution >= 0.6 is 0 Å². The predicted molar refractivity (Wildman–Crippen MR) is 135 cm³/mol. The van der Waals surface area contributed by atoms with Crippen molar-refractivity contribution in [3.63, 3.8) is 0 Å². The fourth-order valence-electron chi connectivity index (χ4n) is 4.18. The molecule has 0 aliphatic carbocycles. The van der Waals surface area contributed by atoms with Gasteiger partial charge in [-0.15, -0.1) is 5.06 Å². The fourth-order valence-corrected chi connectivity index (χ4v) is 4.18. The summed E-state index contributed by atoms with van der Waals surface area (Å²) in [5, 5.41) is 13.3. The van der Waals surface area contributed by atoms with Crippen LogP contribution in [0.2, 0.25) is 0 Å². The summed E-state index contributed by atoms with van der Waals surface area (Å²) in [6.45, 7) is 3.77. The van der Waals surface area contributed by atoms with Gasteiger partial charge in [-0.3, -0.25) is 14.4 Å². The van der Waals surface area contributed by atoms with Crippen molar-refractivity contribution in [2.24, 2.45) is 5.92 Å². The van der Waals surface area contributed by atoms with Gasteiger partial charge in [0.25, 0.3) is 5.91 Å². The highest BCUT2D eigenvalue weighted by Crippen LogP contribution is 2.21. The number of ether oxygens (including phenoxy) is 1. The summed E-state index contributed by atoms with van der Waals surface area (Å²) in [4.78, 5) is 53.5. The quantitative estimate of drug-likeness (QED) is 0.421. The maximum absolute atomic E-state index is 12.7. The number of benzene rings is 2. The molecule has 0 saturated carbocycles. The normalized spacial score (nSPS) is 16.7. The first-order valence-corrected chi connectivity index (χ1v) is 12.6. The Labute approximate surface area is 216 Å². The zero-order valence-corrected chi connectivity index (χ0v) is 21.2. The molecular formula is C28H34N2O7. The summed E-state index contributed by atoms with van der Waals surface area (Å²) in [7, 11) is 0. The Balaban J connectivity index is 1.59. The van der Waals surface area contributed by atoms with Crippen molar-refractivity contribution in [2.75, 3.05) is 6.61 Å². The van der Waals surface area contributed by atoms with E-state index >= 15 is 0 Å². The first-order valence-electron chi connectivity index (χ1n) is 12.6. The minimum atomic E-state index is -1.16. The summed E-state index contributed by atoms with van der Waals surface area (Å²) in [6, 6.07) is 17.6. The standard InChI is InChI=1S/C28H34N2O7/c1-3-36-28(35)19(2)17-23(18-20-9-11-22(12-10-20)21-7-5-4-6-8-21)29-24(31)13-16-27(34)37-30-25(32)14-15-26(30)33/h4-12,19,23,25,32H,3,13-18H2,1-2H3,(H,29,31)/t19-,23+,25?/m1/s1. The molecule has 3 atom stereocenters. The molecule has 0 aromatic heterocycles. The molecule has 1 saturated heterocycles. The third kappa shape index (κ3) is 8.42. The Bertz CT molecular complexity index is 1070. The van der Waals surface area contributed by atoms with Gasteiger partial charge in [-0.2, -0.15) is 0 Å². The van der Waals surface area contributed by atoms with Crippen molar-refractivity contribution in [3.05, 3.63) is 60.2 Å². The van der Waals surface area contributed by atoms with Crippen LogP contribution in [0.3, 0.4) is 0 Å². The van der Waals surface area contributed by atoms with E-state index < -0.39 is 24.0 Å². The number of nitrogens with one attached hydrogen (secondary N) is 1. The molecule has 1 aliphatic heterocycles. The average Bonchev–Trinajstić information content (AvgIpc) is 3.20. The highest BCUT2D eigenvalue weighted by molar-refractivity contribution is 5.83. The molecular weight excluding hydrogens is 476 g/mol. The molecule has 0 spiro atoms. The van der Waals surface area contributed by atoms with Crippen LogP contribution in [-0.4, -0.2) is 52.8 Å². The zero-order valence-electron chi connectivity index (χ0n) is 21.2. The average molecular weight is 511 g/mol. The van der Waals surface area contributed by atoms with Crippen molar-refractivity contribution in [1.29, 1.82) is 0 Å². The number of carbonyl (C=O) groups excluding carboxylic acids is 4. The highest BCUT2D eigenvalue weighted by Gasteiger charge is 2.33. The van der Waals surface area contributed by atoms with Gasteiger partial charge < -0.3 is 20.0 Å². The predicted octanol–water partition coefficient (Wildman–Crippen LogP) is 3.15. The molecule has 0 bridgehead atoms. The van der Waals surface area contributed by atoms with E-state index in [4.69, 9.17) is 9.57 Å². The number of aliphatic hydroxyl groups excluding tert-OH is 1. The number of hydroxylamine groups is 2. The molecule has 2 aromatic carbocycles. The first kappa shape index (κ1) is 27.9. The van der Waals surface area contributed by atoms with Gasteiger partial charge in [-0.05, 0) is 36.5 Å². The molecule has 9 nitrogen and oxygen atoms in total. The molecule has 1 unspecified atom stereocenters. The largest absolute Gasteiger partial charge is 0.466 e. The Morgan fingerprint density at radius 3 is 2.35 bits per heavy atom. The number of nitrogens with zero attached hydrogens (tertiary/aromatic N) is 1. The maximum atomic E-state index is 12.7. The smallest absolute Gasteiger partial charge is 0.333 e. The zero-order chi connectivity index (χ0) is 26.8. The molecule has 1 fully saturated rings. The molecule has 1 heterocycles. The third-order valence-corrected chi connectivity index (χ3v) is 6.12. The molecule has 9 heteroatoms. The van der Waals surface area contributed by atoms with Crippen LogP contribution < -0.4 is 5.32 Å². The van der Waals surface area contributed by atoms with E-state index in [2.05, 4.69) is 5.32 Å². The second-order valence-electron chi connectivity index (χ2n) is 9.12. The number of hydrogen-bond donors (Lipinski definition) is 2. The number of aliphatic hydroxyl groups is 1. The molecule has 2 N–H and O–H groups in total. The highest BCUT2D eigenvalue weighted by atomic mass is 16.7. The third-order valence-electron chi connectivity index (χ3n) is 6.12. The van der Waals surface area contributed by atoms with Crippen LogP contribution in [0.1, 0.15) is 51.5 Å². The van der Waals surface area contributed by atoms with Crippen molar-refractivity contribution >= 4 is 23.8 Å². The lowest BCUT2D eigenvalue weighted by Gasteiger charge is -2.22. The van der Waals surface area contributed by atoms with Gasteiger partial charge in [0.2, 0.25) is 5.91 Å². The molecule has 1 aliphatic rings. The van der Waals surface area contributed by atoms with Crippen molar-refractivity contribution < 1.29 is 33.9 Å². The van der Waals surface area contributed by atoms with Gasteiger partial charge in [-0.1, -0.05) is 61.5 Å². The molecule has 3 rings (SSSR count). The van der Waals surface area contributed by atoms with E-state index in [1.807, 2.05) is 54.6 Å². The van der Waals surface area contributed by atoms with Gasteiger partial charge in [0.05, 0.1) is 18.9 Å². The number of carbonyl (C=O) groups is 4. The number of rotatable bonds is 12. The van der Waals surface area contributed by atoms with Crippen LogP contribution in [0.15, 0.2) is 54.6 Å². The van der Waals surface area contributed by atoms with E-state index in [1.54, 1.807) is 13.8 Å². The van der Waals surface area contributed by atoms with E-state index in [-0.39, 0.29) is 50.2 Å². The van der Waals surface area contributed by atoms with Crippen LogP contribution in [0.5, 0.6) is 0 Å². The topological polar surface area (TPSA) is 122 Å². The van der Waals surface area contributed by atoms with E-state index in [9.17, 15) is 24.3 Å². The lowest BCUT2D eigenvalue weighted by Crippen LogP contribution is -2.39. The second-order valence-corrected chi connectivity index (χ2v) is 9.12. The van der Waals surface area contributed by atoms with E-state index in [1.165, 1.54) is 0 Å². The summed E-state index contributed by atoms with van der Waals surface area (Å²) < 4.78 is 5.12. The number of esters is 1. The van der Waals surface area contributed by atoms with Crippen molar-refractivity contribution in [2.45, 2.75) is 64.6 Å². The summed E-state index contributed by atoms with van der Waals surface area (Å²) in [5.41, 5.74) is 3.16. The molecule has 37 heavy (non-hydrogen) atoms. The van der Waals surface area contributed by atoms with Crippen molar-refractivity contribution in [1.82, 2.24) is 10.4 Å². The Kier molecular flexibility index (Phi) is 10.2. The minimum absolute atomic E-state index is 0.0988. The lowest BCUT2D eigenvalue weighted by molar-refractivity contribution is -0.220. The van der Waals surface area contributed by atoms with Gasteiger partial charge in [0.1, 0.15) is 0 Å². The van der Waals surface area contributed by atoms with E-state index in [0.29, 0.717) is 17.9 Å². The maximum Gasteiger partial charge on any atom is 0.333 e. The Morgan fingerprint density at radius 2 is 1.73 bits per heavy atom. The SMILES string of the molecule is CCOC(=O)[C@H](C)C[C@@H](Cc1ccc(-c2ccccc2)cc1)NC(=O)CCC(=O)ON1C(=O)CCC1O. The molecule has 198 valence electrons. The number of amides is 2. The van der Waals surface area contributed by atoms with Gasteiger partial charge >= 0.3 is 11.9 Å². The lowest BCUT2D eigenvalue weighted by atomic mass is 9.94. The monoisotopic (exact) mass is 510 g/mol. The molecule has 2 amide bonds. The Hall–Kier alpha value is -3.72. The van der Waals surface area contributed by atoms with Crippen LogP contribution in [0.25, 0.3) is 11.1 Å². The van der Waals surface area contributed by atoms with Crippen LogP contribution in [0, 0.1) is 5.92 Å².